The summed E-state index contributed by atoms with van der Waals surface area (Å²) in [6, 6.07) is 1.78. The van der Waals surface area contributed by atoms with Crippen LogP contribution in [0.1, 0.15) is 13.3 Å². The van der Waals surface area contributed by atoms with Crippen molar-refractivity contribution in [2.24, 2.45) is 0 Å². The van der Waals surface area contributed by atoms with E-state index >= 15 is 0 Å². The zero-order valence-corrected chi connectivity index (χ0v) is 12.7. The molecule has 22 heavy (non-hydrogen) atoms. The van der Waals surface area contributed by atoms with Crippen molar-refractivity contribution < 1.29 is 14.3 Å². The van der Waals surface area contributed by atoms with E-state index in [1.54, 1.807) is 30.3 Å². The van der Waals surface area contributed by atoms with Gasteiger partial charge in [0.2, 0.25) is 11.9 Å². The lowest BCUT2D eigenvalue weighted by Crippen LogP contribution is -2.49. The maximum absolute atomic E-state index is 12.1. The smallest absolute Gasteiger partial charge is 0.407 e. The maximum Gasteiger partial charge on any atom is 0.407 e. The molecule has 2 rings (SSSR count). The van der Waals surface area contributed by atoms with Crippen LogP contribution in [0.2, 0.25) is 0 Å². The minimum atomic E-state index is -0.485. The zero-order valence-electron chi connectivity index (χ0n) is 12.7. The minimum absolute atomic E-state index is 0.0328. The second-order valence-electron chi connectivity index (χ2n) is 4.81. The normalized spacial score (nSPS) is 14.6. The van der Waals surface area contributed by atoms with Crippen LogP contribution in [0.3, 0.4) is 0 Å². The van der Waals surface area contributed by atoms with E-state index in [9.17, 15) is 9.59 Å². The van der Waals surface area contributed by atoms with Crippen molar-refractivity contribution in [1.29, 1.82) is 0 Å². The lowest BCUT2D eigenvalue weighted by Gasteiger charge is -2.34. The molecule has 0 unspecified atom stereocenters. The first kappa shape index (κ1) is 16.0. The van der Waals surface area contributed by atoms with Gasteiger partial charge in [-0.15, -0.1) is 0 Å². The van der Waals surface area contributed by atoms with E-state index in [2.05, 4.69) is 20.2 Å². The SMILES string of the molecule is CCOC(=O)NCCC(=O)N1CCN(c2ncccn2)CC1. The van der Waals surface area contributed by atoms with Crippen molar-refractivity contribution >= 4 is 17.9 Å². The number of nitrogens with zero attached hydrogens (tertiary/aromatic N) is 4. The summed E-state index contributed by atoms with van der Waals surface area (Å²) in [7, 11) is 0. The summed E-state index contributed by atoms with van der Waals surface area (Å²) in [6.45, 7) is 5.04. The highest BCUT2D eigenvalue weighted by atomic mass is 16.5. The molecule has 1 aliphatic heterocycles. The summed E-state index contributed by atoms with van der Waals surface area (Å²) in [4.78, 5) is 35.5. The molecule has 1 aromatic heterocycles. The van der Waals surface area contributed by atoms with Gasteiger partial charge < -0.3 is 19.9 Å². The molecule has 1 aromatic rings. The van der Waals surface area contributed by atoms with E-state index < -0.39 is 6.09 Å². The number of nitrogens with one attached hydrogen (secondary N) is 1. The second-order valence-corrected chi connectivity index (χ2v) is 4.81. The molecule has 2 amide bonds. The monoisotopic (exact) mass is 307 g/mol. The molecule has 1 fully saturated rings. The number of alkyl carbamates (subject to hydrolysis) is 1. The maximum atomic E-state index is 12.1. The van der Waals surface area contributed by atoms with E-state index in [0.29, 0.717) is 45.3 Å². The van der Waals surface area contributed by atoms with Gasteiger partial charge in [0.05, 0.1) is 6.61 Å². The highest BCUT2D eigenvalue weighted by Gasteiger charge is 2.22. The number of hydrogen-bond acceptors (Lipinski definition) is 6. The molecule has 0 atom stereocenters. The topological polar surface area (TPSA) is 87.7 Å². The van der Waals surface area contributed by atoms with Gasteiger partial charge in [0.1, 0.15) is 0 Å². The van der Waals surface area contributed by atoms with Gasteiger partial charge in [0.25, 0.3) is 0 Å². The average molecular weight is 307 g/mol. The molecule has 1 aliphatic rings. The molecule has 0 aliphatic carbocycles. The molecule has 1 saturated heterocycles. The Hall–Kier alpha value is -2.38. The number of piperazine rings is 1. The number of amides is 2. The van der Waals surface area contributed by atoms with Crippen LogP contribution >= 0.6 is 0 Å². The molecule has 8 nitrogen and oxygen atoms in total. The number of carbonyl (C=O) groups is 2. The van der Waals surface area contributed by atoms with Crippen molar-refractivity contribution in [3.05, 3.63) is 18.5 Å². The summed E-state index contributed by atoms with van der Waals surface area (Å²) >= 11 is 0. The van der Waals surface area contributed by atoms with Gasteiger partial charge in [0, 0.05) is 51.5 Å². The van der Waals surface area contributed by atoms with Crippen LogP contribution in [0, 0.1) is 0 Å². The van der Waals surface area contributed by atoms with Crippen molar-refractivity contribution in [3.63, 3.8) is 0 Å². The lowest BCUT2D eigenvalue weighted by molar-refractivity contribution is -0.131. The fraction of sp³-hybridized carbons (Fsp3) is 0.571. The minimum Gasteiger partial charge on any atom is -0.450 e. The van der Waals surface area contributed by atoms with E-state index in [-0.39, 0.29) is 12.3 Å². The van der Waals surface area contributed by atoms with E-state index in [4.69, 9.17) is 4.74 Å². The highest BCUT2D eigenvalue weighted by Crippen LogP contribution is 2.10. The van der Waals surface area contributed by atoms with Gasteiger partial charge in [-0.3, -0.25) is 4.79 Å². The van der Waals surface area contributed by atoms with Crippen LogP contribution < -0.4 is 10.2 Å². The van der Waals surface area contributed by atoms with Gasteiger partial charge in [-0.1, -0.05) is 0 Å². The molecular weight excluding hydrogens is 286 g/mol. The zero-order chi connectivity index (χ0) is 15.8. The van der Waals surface area contributed by atoms with Crippen LogP contribution in [0.5, 0.6) is 0 Å². The van der Waals surface area contributed by atoms with Crippen molar-refractivity contribution in [2.75, 3.05) is 44.2 Å². The Kier molecular flexibility index (Phi) is 5.93. The van der Waals surface area contributed by atoms with Gasteiger partial charge in [0.15, 0.2) is 0 Å². The standard InChI is InChI=1S/C14H21N5O3/c1-2-22-14(21)17-7-4-12(20)18-8-10-19(11-9-18)13-15-5-3-6-16-13/h3,5-6H,2,4,7-11H2,1H3,(H,17,21). The molecule has 0 saturated carbocycles. The first-order chi connectivity index (χ1) is 10.7. The third-order valence-electron chi connectivity index (χ3n) is 3.35. The Morgan fingerprint density at radius 2 is 1.91 bits per heavy atom. The molecule has 0 aromatic carbocycles. The van der Waals surface area contributed by atoms with Gasteiger partial charge >= 0.3 is 6.09 Å². The fourth-order valence-corrected chi connectivity index (χ4v) is 2.22. The van der Waals surface area contributed by atoms with Gasteiger partial charge in [-0.05, 0) is 13.0 Å². The fourth-order valence-electron chi connectivity index (χ4n) is 2.22. The van der Waals surface area contributed by atoms with Crippen LogP contribution in [-0.4, -0.2) is 66.2 Å². The lowest BCUT2D eigenvalue weighted by atomic mass is 10.3. The Morgan fingerprint density at radius 3 is 2.55 bits per heavy atom. The van der Waals surface area contributed by atoms with Gasteiger partial charge in [-0.25, -0.2) is 14.8 Å². The molecule has 0 bridgehead atoms. The van der Waals surface area contributed by atoms with Crippen molar-refractivity contribution in [3.8, 4) is 0 Å². The molecule has 0 radical (unpaired) electrons. The number of aromatic nitrogens is 2. The van der Waals surface area contributed by atoms with Crippen LogP contribution in [-0.2, 0) is 9.53 Å². The summed E-state index contributed by atoms with van der Waals surface area (Å²) in [5.74, 6) is 0.726. The molecule has 1 N–H and O–H groups in total. The average Bonchev–Trinajstić information content (AvgIpc) is 2.56. The summed E-state index contributed by atoms with van der Waals surface area (Å²) in [6.07, 6.45) is 3.21. The first-order valence-electron chi connectivity index (χ1n) is 7.41. The molecule has 2 heterocycles. The summed E-state index contributed by atoms with van der Waals surface area (Å²) < 4.78 is 4.74. The van der Waals surface area contributed by atoms with Crippen molar-refractivity contribution in [1.82, 2.24) is 20.2 Å². The van der Waals surface area contributed by atoms with E-state index in [0.717, 1.165) is 0 Å². The van der Waals surface area contributed by atoms with Crippen LogP contribution in [0.25, 0.3) is 0 Å². The van der Waals surface area contributed by atoms with Crippen molar-refractivity contribution in [2.45, 2.75) is 13.3 Å². The quantitative estimate of drug-likeness (QED) is 0.839. The molecule has 8 heteroatoms. The van der Waals surface area contributed by atoms with Crippen LogP contribution in [0.4, 0.5) is 10.7 Å². The second kappa shape index (κ2) is 8.16. The number of anilines is 1. The van der Waals surface area contributed by atoms with Crippen LogP contribution in [0.15, 0.2) is 18.5 Å². The molecule has 120 valence electrons. The Labute approximate surface area is 129 Å². The summed E-state index contributed by atoms with van der Waals surface area (Å²) in [5, 5.41) is 2.55. The third kappa shape index (κ3) is 4.57. The Morgan fingerprint density at radius 1 is 1.23 bits per heavy atom. The first-order valence-corrected chi connectivity index (χ1v) is 7.41. The Bertz CT molecular complexity index is 489. The van der Waals surface area contributed by atoms with E-state index in [1.165, 1.54) is 0 Å². The predicted molar refractivity (Wildman–Crippen MR) is 80.5 cm³/mol. The molecular formula is C14H21N5O3. The number of rotatable bonds is 5. The highest BCUT2D eigenvalue weighted by molar-refractivity contribution is 5.77. The summed E-state index contributed by atoms with van der Waals surface area (Å²) in [5.41, 5.74) is 0. The predicted octanol–water partition coefficient (Wildman–Crippen LogP) is 0.261. The number of hydrogen-bond donors (Lipinski definition) is 1. The Balaban J connectivity index is 1.70. The number of ether oxygens (including phenoxy) is 1. The molecule has 0 spiro atoms. The third-order valence-corrected chi connectivity index (χ3v) is 3.35. The number of carbonyl (C=O) groups excluding carboxylic acids is 2. The largest absolute Gasteiger partial charge is 0.450 e. The van der Waals surface area contributed by atoms with E-state index in [1.807, 2.05) is 0 Å². The van der Waals surface area contributed by atoms with Gasteiger partial charge in [-0.2, -0.15) is 0 Å².